The van der Waals surface area contributed by atoms with Crippen LogP contribution in [0.3, 0.4) is 0 Å². The van der Waals surface area contributed by atoms with Gasteiger partial charge in [0, 0.05) is 37.2 Å². The fourth-order valence-corrected chi connectivity index (χ4v) is 3.67. The zero-order valence-electron chi connectivity index (χ0n) is 21.3. The topological polar surface area (TPSA) is 53.0 Å². The van der Waals surface area contributed by atoms with Crippen LogP contribution in [0.1, 0.15) is 32.8 Å². The van der Waals surface area contributed by atoms with Crippen LogP contribution in [0, 0.1) is 11.7 Å². The summed E-state index contributed by atoms with van der Waals surface area (Å²) in [6.45, 7) is 5.44. The molecule has 1 aliphatic rings. The molecule has 1 aliphatic heterocycles. The van der Waals surface area contributed by atoms with Gasteiger partial charge in [-0.3, -0.25) is 4.79 Å². The van der Waals surface area contributed by atoms with Crippen molar-refractivity contribution in [2.24, 2.45) is 5.92 Å². The lowest BCUT2D eigenvalue weighted by Crippen LogP contribution is -2.24. The van der Waals surface area contributed by atoms with E-state index >= 15 is 0 Å². The molecule has 12 heteroatoms. The Morgan fingerprint density at radius 1 is 1.11 bits per heavy atom. The van der Waals surface area contributed by atoms with E-state index in [0.717, 1.165) is 24.0 Å². The van der Waals surface area contributed by atoms with Crippen LogP contribution in [-0.2, 0) is 15.7 Å². The lowest BCUT2D eigenvalue weighted by atomic mass is 10.1. The number of alkyl halides is 5. The highest BCUT2D eigenvalue weighted by Crippen LogP contribution is 2.41. The number of ether oxygens (including phenoxy) is 1. The lowest BCUT2D eigenvalue weighted by Gasteiger charge is -2.25. The zero-order chi connectivity index (χ0) is 28.4. The second-order valence-electron chi connectivity index (χ2n) is 8.37. The van der Waals surface area contributed by atoms with Crippen LogP contribution in [0.15, 0.2) is 47.4 Å². The number of hydrogen-bond donors (Lipinski definition) is 1. The van der Waals surface area contributed by atoms with Crippen molar-refractivity contribution < 1.29 is 41.0 Å². The molecule has 1 heterocycles. The Balaban J connectivity index is 0.000000405. The summed E-state index contributed by atoms with van der Waals surface area (Å²) in [5.74, 6) is -4.04. The summed E-state index contributed by atoms with van der Waals surface area (Å²) in [7, 11) is 3.37. The predicted molar refractivity (Wildman–Crippen MR) is 133 cm³/mol. The number of nitrogens with zero attached hydrogens (tertiary/aromatic N) is 2. The Kier molecular flexibility index (Phi) is 12.8. The van der Waals surface area contributed by atoms with Crippen molar-refractivity contribution in [2.75, 3.05) is 38.8 Å². The van der Waals surface area contributed by atoms with E-state index in [1.54, 1.807) is 24.0 Å². The Bertz CT molecular complexity index is 984. The number of aliphatic carboxylic acids is 1. The minimum atomic E-state index is -4.40. The maximum atomic E-state index is 13.1. The Morgan fingerprint density at radius 3 is 2.11 bits per heavy atom. The largest absolute Gasteiger partial charge is 0.481 e. The molecular weight excluding hydrogens is 522 g/mol. The number of fused-ring (bicyclic) bond motifs is 1. The van der Waals surface area contributed by atoms with Crippen LogP contribution >= 0.6 is 11.9 Å². The van der Waals surface area contributed by atoms with Gasteiger partial charge in [-0.05, 0) is 75.3 Å². The number of hydrogen-bond acceptors (Lipinski definition) is 5. The molecule has 0 radical (unpaired) electrons. The molecule has 5 nitrogen and oxygen atoms in total. The van der Waals surface area contributed by atoms with Gasteiger partial charge in [-0.25, -0.2) is 17.5 Å². The first-order valence-corrected chi connectivity index (χ1v) is 12.1. The number of benzene rings is 2. The fourth-order valence-electron chi connectivity index (χ4n) is 2.77. The minimum absolute atomic E-state index is 0.0625. The van der Waals surface area contributed by atoms with Gasteiger partial charge in [-0.15, -0.1) is 0 Å². The third kappa shape index (κ3) is 11.7. The van der Waals surface area contributed by atoms with Gasteiger partial charge in [0.2, 0.25) is 5.92 Å². The van der Waals surface area contributed by atoms with E-state index in [9.17, 15) is 31.1 Å². The van der Waals surface area contributed by atoms with Gasteiger partial charge >= 0.3 is 12.1 Å². The number of carboxylic acids is 1. The first-order chi connectivity index (χ1) is 17.1. The summed E-state index contributed by atoms with van der Waals surface area (Å²) in [5.41, 5.74) is 0.470. The molecule has 1 atom stereocenters. The van der Waals surface area contributed by atoms with Gasteiger partial charge in [0.25, 0.3) is 0 Å². The minimum Gasteiger partial charge on any atom is -0.481 e. The van der Waals surface area contributed by atoms with Gasteiger partial charge in [0.15, 0.2) is 0 Å². The molecule has 2 aromatic rings. The molecule has 0 spiro atoms. The third-order valence-corrected chi connectivity index (χ3v) is 6.10. The smallest absolute Gasteiger partial charge is 0.416 e. The summed E-state index contributed by atoms with van der Waals surface area (Å²) >= 11 is 1.40. The molecule has 0 saturated carbocycles. The van der Waals surface area contributed by atoms with Crippen molar-refractivity contribution in [3.8, 4) is 0 Å². The highest BCUT2D eigenvalue weighted by molar-refractivity contribution is 7.97. The molecule has 3 rings (SSSR count). The van der Waals surface area contributed by atoms with Crippen molar-refractivity contribution >= 4 is 29.3 Å². The number of halogens is 6. The molecule has 208 valence electrons. The number of carbonyl (C=O) groups is 1. The molecule has 1 N–H and O–H groups in total. The van der Waals surface area contributed by atoms with Gasteiger partial charge in [0.05, 0.1) is 23.8 Å². The van der Waals surface area contributed by atoms with Crippen LogP contribution in [0.2, 0.25) is 0 Å². The maximum Gasteiger partial charge on any atom is 0.416 e. The molecule has 2 aromatic carbocycles. The Morgan fingerprint density at radius 2 is 1.68 bits per heavy atom. The standard InChI is InChI=1S/C16H14F4N2S.C5H10O3.C4H8F2/c1-21-8-9-22(13-5-3-12(17)4-6-13)14-10-11(16(18,19)20)2-7-15(14)23-21;1-4(3-8-2)5(6)7;1-3-4(2,5)6/h2-7,10H,8-9H2,1H3;4H,3H2,1-2H3,(H,6,7);3H2,1-2H3. The molecule has 0 bridgehead atoms. The number of methoxy groups -OCH3 is 1. The second-order valence-corrected chi connectivity index (χ2v) is 9.62. The molecule has 0 saturated heterocycles. The number of anilines is 2. The van der Waals surface area contributed by atoms with Crippen molar-refractivity contribution in [1.29, 1.82) is 0 Å². The van der Waals surface area contributed by atoms with Gasteiger partial charge in [-0.2, -0.15) is 13.2 Å². The molecule has 37 heavy (non-hydrogen) atoms. The van der Waals surface area contributed by atoms with Crippen LogP contribution < -0.4 is 4.90 Å². The van der Waals surface area contributed by atoms with E-state index in [-0.39, 0.29) is 24.8 Å². The molecule has 1 unspecified atom stereocenters. The summed E-state index contributed by atoms with van der Waals surface area (Å²) in [5, 5.41) is 8.23. The van der Waals surface area contributed by atoms with E-state index in [0.29, 0.717) is 24.5 Å². The van der Waals surface area contributed by atoms with Crippen molar-refractivity contribution in [3.05, 3.63) is 53.8 Å². The van der Waals surface area contributed by atoms with Crippen LogP contribution in [-0.4, -0.2) is 55.2 Å². The number of carboxylic acid groups (broad SMARTS) is 1. The third-order valence-electron chi connectivity index (χ3n) is 5.07. The van der Waals surface area contributed by atoms with Crippen LogP contribution in [0.25, 0.3) is 0 Å². The normalized spacial score (nSPS) is 14.8. The summed E-state index contributed by atoms with van der Waals surface area (Å²) in [6, 6.07) is 9.51. The average molecular weight is 555 g/mol. The van der Waals surface area contributed by atoms with E-state index in [2.05, 4.69) is 4.74 Å². The quantitative estimate of drug-likeness (QED) is 0.308. The van der Waals surface area contributed by atoms with Crippen molar-refractivity contribution in [2.45, 2.75) is 44.2 Å². The SMILES string of the molecule is CCC(C)(F)F.CN1CCN(c2ccc(F)cc2)c2cc(C(F)(F)F)ccc2S1.COCC(C)C(=O)O. The van der Waals surface area contributed by atoms with E-state index < -0.39 is 23.6 Å². The van der Waals surface area contributed by atoms with Crippen LogP contribution in [0.5, 0.6) is 0 Å². The number of rotatable bonds is 5. The predicted octanol–water partition coefficient (Wildman–Crippen LogP) is 7.34. The first kappa shape index (κ1) is 32.6. The van der Waals surface area contributed by atoms with Gasteiger partial charge in [0.1, 0.15) is 5.82 Å². The summed E-state index contributed by atoms with van der Waals surface area (Å²) in [6.07, 6.45) is -4.46. The molecule has 0 amide bonds. The van der Waals surface area contributed by atoms with Crippen molar-refractivity contribution in [3.63, 3.8) is 0 Å². The number of likely N-dealkylation sites (N-methyl/N-ethyl adjacent to an activating group) is 1. The van der Waals surface area contributed by atoms with Crippen LogP contribution in [0.4, 0.5) is 37.7 Å². The summed E-state index contributed by atoms with van der Waals surface area (Å²) in [4.78, 5) is 12.5. The lowest BCUT2D eigenvalue weighted by molar-refractivity contribution is -0.142. The highest BCUT2D eigenvalue weighted by atomic mass is 32.2. The highest BCUT2D eigenvalue weighted by Gasteiger charge is 2.32. The summed E-state index contributed by atoms with van der Waals surface area (Å²) < 4.78 is 81.7. The Hall–Kier alpha value is -2.44. The maximum absolute atomic E-state index is 13.1. The van der Waals surface area contributed by atoms with E-state index in [1.807, 2.05) is 11.4 Å². The fraction of sp³-hybridized carbons (Fsp3) is 0.480. The molecular formula is C25H32F6N2O3S. The van der Waals surface area contributed by atoms with E-state index in [1.165, 1.54) is 44.2 Å². The zero-order valence-corrected chi connectivity index (χ0v) is 22.1. The Labute approximate surface area is 217 Å². The van der Waals surface area contributed by atoms with E-state index in [4.69, 9.17) is 5.11 Å². The molecule has 0 aliphatic carbocycles. The second kappa shape index (κ2) is 14.5. The van der Waals surface area contributed by atoms with Crippen molar-refractivity contribution in [1.82, 2.24) is 4.31 Å². The first-order valence-electron chi connectivity index (χ1n) is 11.3. The van der Waals surface area contributed by atoms with Gasteiger partial charge < -0.3 is 14.7 Å². The molecule has 0 fully saturated rings. The average Bonchev–Trinajstić information content (AvgIpc) is 2.97. The molecule has 0 aromatic heterocycles. The van der Waals surface area contributed by atoms with Gasteiger partial charge in [-0.1, -0.05) is 6.92 Å². The monoisotopic (exact) mass is 554 g/mol.